The molecular weight excluding hydrogens is 238 g/mol. The normalized spacial score (nSPS) is 17.1. The van der Waals surface area contributed by atoms with Crippen LogP contribution >= 0.6 is 0 Å². The van der Waals surface area contributed by atoms with Gasteiger partial charge in [0, 0.05) is 7.11 Å². The Bertz CT molecular complexity index is 475. The molecule has 0 radical (unpaired) electrons. The summed E-state index contributed by atoms with van der Waals surface area (Å²) >= 11 is 0. The maximum absolute atomic E-state index is 12.4. The molecule has 1 fully saturated rings. The highest BCUT2D eigenvalue weighted by Gasteiger charge is 2.47. The molecule has 0 spiro atoms. The number of methoxy groups -OCH3 is 1. The van der Waals surface area contributed by atoms with Gasteiger partial charge in [-0.2, -0.15) is 0 Å². The smallest absolute Gasteiger partial charge is 0.228 e. The Kier molecular flexibility index (Phi) is 3.68. The maximum Gasteiger partial charge on any atom is 0.228 e. The topological polar surface area (TPSA) is 38.3 Å². The Morgan fingerprint density at radius 3 is 2.63 bits per heavy atom. The summed E-state index contributed by atoms with van der Waals surface area (Å²) in [5, 5.41) is 3.22. The zero-order chi connectivity index (χ0) is 14.1. The van der Waals surface area contributed by atoms with Gasteiger partial charge in [-0.15, -0.1) is 0 Å². The van der Waals surface area contributed by atoms with Gasteiger partial charge in [0.1, 0.15) is 0 Å². The highest BCUT2D eigenvalue weighted by Crippen LogP contribution is 2.46. The number of hydrogen-bond acceptors (Lipinski definition) is 2. The minimum Gasteiger partial charge on any atom is -0.384 e. The average molecular weight is 261 g/mol. The summed E-state index contributed by atoms with van der Waals surface area (Å²) in [6.45, 7) is 6.34. The summed E-state index contributed by atoms with van der Waals surface area (Å²) in [7, 11) is 1.63. The second-order valence-corrected chi connectivity index (χ2v) is 6.22. The molecule has 104 valence electrons. The van der Waals surface area contributed by atoms with Crippen LogP contribution in [-0.4, -0.2) is 19.6 Å². The third-order valence-electron chi connectivity index (χ3n) is 3.79. The first-order chi connectivity index (χ1) is 8.89. The summed E-state index contributed by atoms with van der Waals surface area (Å²) < 4.78 is 5.13. The van der Waals surface area contributed by atoms with Crippen molar-refractivity contribution in [1.82, 2.24) is 5.32 Å². The number of hydrogen-bond donors (Lipinski definition) is 1. The van der Waals surface area contributed by atoms with Gasteiger partial charge < -0.3 is 10.1 Å². The Hall–Kier alpha value is -1.35. The molecule has 1 aromatic carbocycles. The van der Waals surface area contributed by atoms with Gasteiger partial charge in [-0.05, 0) is 39.2 Å². The molecule has 0 heterocycles. The molecule has 0 aliphatic heterocycles. The second kappa shape index (κ2) is 4.97. The molecule has 3 nitrogen and oxygen atoms in total. The van der Waals surface area contributed by atoms with Gasteiger partial charge in [0.2, 0.25) is 5.91 Å². The number of benzene rings is 1. The standard InChI is InChI=1S/C16H23NO2/c1-12-6-5-7-13(10-12)16(8-9-16)17-14(18)15(2,3)11-19-4/h5-7,10H,8-9,11H2,1-4H3,(H,17,18). The fourth-order valence-electron chi connectivity index (χ4n) is 2.37. The van der Waals surface area contributed by atoms with E-state index in [2.05, 4.69) is 36.5 Å². The Labute approximate surface area is 115 Å². The summed E-state index contributed by atoms with van der Waals surface area (Å²) in [5.41, 5.74) is 1.81. The fraction of sp³-hybridized carbons (Fsp3) is 0.562. The molecule has 2 rings (SSSR count). The number of carbonyl (C=O) groups excluding carboxylic acids is 1. The molecule has 0 bridgehead atoms. The van der Waals surface area contributed by atoms with Crippen molar-refractivity contribution in [3.05, 3.63) is 35.4 Å². The van der Waals surface area contributed by atoms with E-state index in [1.807, 2.05) is 13.8 Å². The molecule has 0 unspecified atom stereocenters. The molecular formula is C16H23NO2. The molecule has 1 aliphatic rings. The Morgan fingerprint density at radius 1 is 1.42 bits per heavy atom. The lowest BCUT2D eigenvalue weighted by Gasteiger charge is -2.27. The molecule has 1 aliphatic carbocycles. The monoisotopic (exact) mass is 261 g/mol. The molecule has 1 saturated carbocycles. The van der Waals surface area contributed by atoms with Crippen molar-refractivity contribution in [2.24, 2.45) is 5.41 Å². The Morgan fingerprint density at radius 2 is 2.11 bits per heavy atom. The van der Waals surface area contributed by atoms with E-state index in [0.29, 0.717) is 6.61 Å². The predicted octanol–water partition coefficient (Wildman–Crippen LogP) is 2.77. The van der Waals surface area contributed by atoms with Crippen molar-refractivity contribution in [2.75, 3.05) is 13.7 Å². The SMILES string of the molecule is COCC(C)(C)C(=O)NC1(c2cccc(C)c2)CC1. The number of aryl methyl sites for hydroxylation is 1. The number of carbonyl (C=O) groups is 1. The summed E-state index contributed by atoms with van der Waals surface area (Å²) in [6.07, 6.45) is 2.04. The van der Waals surface area contributed by atoms with Gasteiger partial charge in [-0.25, -0.2) is 0 Å². The third-order valence-corrected chi connectivity index (χ3v) is 3.79. The molecule has 3 heteroatoms. The van der Waals surface area contributed by atoms with Crippen LogP contribution < -0.4 is 5.32 Å². The van der Waals surface area contributed by atoms with Gasteiger partial charge in [0.05, 0.1) is 17.6 Å². The van der Waals surface area contributed by atoms with Crippen molar-refractivity contribution in [2.45, 2.75) is 39.2 Å². The quantitative estimate of drug-likeness (QED) is 0.885. The van der Waals surface area contributed by atoms with E-state index in [0.717, 1.165) is 12.8 Å². The number of amides is 1. The van der Waals surface area contributed by atoms with Crippen molar-refractivity contribution in [1.29, 1.82) is 0 Å². The van der Waals surface area contributed by atoms with Crippen molar-refractivity contribution in [3.63, 3.8) is 0 Å². The minimum absolute atomic E-state index is 0.0633. The zero-order valence-corrected chi connectivity index (χ0v) is 12.2. The average Bonchev–Trinajstić information content (AvgIpc) is 3.10. The van der Waals surface area contributed by atoms with Crippen LogP contribution in [0.1, 0.15) is 37.8 Å². The lowest BCUT2D eigenvalue weighted by Crippen LogP contribution is -2.45. The highest BCUT2D eigenvalue weighted by molar-refractivity contribution is 5.83. The van der Waals surface area contributed by atoms with Crippen LogP contribution in [0.25, 0.3) is 0 Å². The highest BCUT2D eigenvalue weighted by atomic mass is 16.5. The zero-order valence-electron chi connectivity index (χ0n) is 12.2. The first-order valence-electron chi connectivity index (χ1n) is 6.78. The van der Waals surface area contributed by atoms with Gasteiger partial charge in [-0.3, -0.25) is 4.79 Å². The van der Waals surface area contributed by atoms with E-state index in [-0.39, 0.29) is 11.4 Å². The van der Waals surface area contributed by atoms with Gasteiger partial charge in [0.25, 0.3) is 0 Å². The van der Waals surface area contributed by atoms with Crippen molar-refractivity contribution < 1.29 is 9.53 Å². The van der Waals surface area contributed by atoms with E-state index < -0.39 is 5.41 Å². The van der Waals surface area contributed by atoms with Gasteiger partial charge in [0.15, 0.2) is 0 Å². The van der Waals surface area contributed by atoms with E-state index in [1.165, 1.54) is 11.1 Å². The first-order valence-corrected chi connectivity index (χ1v) is 6.78. The van der Waals surface area contributed by atoms with Crippen LogP contribution in [0.3, 0.4) is 0 Å². The lowest BCUT2D eigenvalue weighted by molar-refractivity contribution is -0.133. The summed E-state index contributed by atoms with van der Waals surface area (Å²) in [4.78, 5) is 12.4. The number of ether oxygens (including phenoxy) is 1. The van der Waals surface area contributed by atoms with E-state index in [9.17, 15) is 4.79 Å². The Balaban J connectivity index is 2.13. The van der Waals surface area contributed by atoms with Crippen molar-refractivity contribution in [3.8, 4) is 0 Å². The minimum atomic E-state index is -0.492. The summed E-state index contributed by atoms with van der Waals surface area (Å²) in [5.74, 6) is 0.0633. The second-order valence-electron chi connectivity index (χ2n) is 6.22. The van der Waals surface area contributed by atoms with Gasteiger partial charge in [-0.1, -0.05) is 29.8 Å². The molecule has 1 N–H and O–H groups in total. The predicted molar refractivity (Wildman–Crippen MR) is 75.9 cm³/mol. The molecule has 19 heavy (non-hydrogen) atoms. The van der Waals surface area contributed by atoms with E-state index >= 15 is 0 Å². The van der Waals surface area contributed by atoms with Crippen molar-refractivity contribution >= 4 is 5.91 Å². The van der Waals surface area contributed by atoms with Crippen LogP contribution in [0, 0.1) is 12.3 Å². The first kappa shape index (κ1) is 14.1. The third kappa shape index (κ3) is 2.98. The lowest BCUT2D eigenvalue weighted by atomic mass is 9.92. The maximum atomic E-state index is 12.4. The molecule has 1 amide bonds. The molecule has 0 saturated heterocycles. The summed E-state index contributed by atoms with van der Waals surface area (Å²) in [6, 6.07) is 8.40. The van der Waals surface area contributed by atoms with Crippen LogP contribution in [0.2, 0.25) is 0 Å². The molecule has 0 atom stereocenters. The molecule has 0 aromatic heterocycles. The molecule has 1 aromatic rings. The van der Waals surface area contributed by atoms with Crippen LogP contribution in [0.4, 0.5) is 0 Å². The van der Waals surface area contributed by atoms with E-state index in [1.54, 1.807) is 7.11 Å². The fourth-order valence-corrected chi connectivity index (χ4v) is 2.37. The number of rotatable bonds is 5. The van der Waals surface area contributed by atoms with Crippen LogP contribution in [0.15, 0.2) is 24.3 Å². The largest absolute Gasteiger partial charge is 0.384 e. The van der Waals surface area contributed by atoms with E-state index in [4.69, 9.17) is 4.74 Å². The van der Waals surface area contributed by atoms with Crippen LogP contribution in [-0.2, 0) is 15.1 Å². The van der Waals surface area contributed by atoms with Crippen LogP contribution in [0.5, 0.6) is 0 Å². The van der Waals surface area contributed by atoms with Gasteiger partial charge >= 0.3 is 0 Å². The number of nitrogens with one attached hydrogen (secondary N) is 1.